The molecule has 2 fully saturated rings. The number of piperidine rings is 2. The van der Waals surface area contributed by atoms with Crippen LogP contribution in [0.3, 0.4) is 0 Å². The van der Waals surface area contributed by atoms with Gasteiger partial charge in [0, 0.05) is 25.6 Å². The van der Waals surface area contributed by atoms with Crippen LogP contribution in [-0.2, 0) is 11.3 Å². The molecule has 6 nitrogen and oxygen atoms in total. The zero-order valence-electron chi connectivity index (χ0n) is 13.3. The SMILES string of the molecule is Cc1cc(CN2CCC3(CCC(=O)N(CCO)C3)CC2)on1. The Labute approximate surface area is 131 Å². The summed E-state index contributed by atoms with van der Waals surface area (Å²) in [5.41, 5.74) is 1.17. The lowest BCUT2D eigenvalue weighted by atomic mass is 9.72. The van der Waals surface area contributed by atoms with E-state index in [1.807, 2.05) is 17.9 Å². The van der Waals surface area contributed by atoms with Crippen LogP contribution in [0.2, 0.25) is 0 Å². The number of β-amino-alcohol motifs (C(OH)–C–C–N with tert-alkyl or cyclic N) is 1. The molecule has 0 atom stereocenters. The largest absolute Gasteiger partial charge is 0.395 e. The number of aliphatic hydroxyl groups excluding tert-OH is 1. The number of amides is 1. The Balaban J connectivity index is 1.55. The molecular weight excluding hydrogens is 282 g/mol. The average Bonchev–Trinajstić information content (AvgIpc) is 2.91. The van der Waals surface area contributed by atoms with Crippen molar-refractivity contribution < 1.29 is 14.4 Å². The first kappa shape index (κ1) is 15.5. The van der Waals surface area contributed by atoms with Crippen LogP contribution in [0.1, 0.15) is 37.1 Å². The van der Waals surface area contributed by atoms with Crippen molar-refractivity contribution >= 4 is 5.91 Å². The number of aliphatic hydroxyl groups is 1. The third kappa shape index (κ3) is 3.33. The predicted octanol–water partition coefficient (Wildman–Crippen LogP) is 1.18. The van der Waals surface area contributed by atoms with Crippen LogP contribution in [0.15, 0.2) is 10.6 Å². The standard InChI is InChI=1S/C16H25N3O3/c1-13-10-14(22-17-13)11-18-6-4-16(5-7-18)3-2-15(21)19(12-16)8-9-20/h10,20H,2-9,11-12H2,1H3. The first-order valence-corrected chi connectivity index (χ1v) is 8.13. The molecule has 1 amide bonds. The molecule has 3 rings (SSSR count). The van der Waals surface area contributed by atoms with Crippen LogP contribution in [0.25, 0.3) is 0 Å². The Kier molecular flexibility index (Phi) is 4.49. The molecular formula is C16H25N3O3. The van der Waals surface area contributed by atoms with Crippen LogP contribution in [0.4, 0.5) is 0 Å². The average molecular weight is 307 g/mol. The second kappa shape index (κ2) is 6.38. The highest BCUT2D eigenvalue weighted by molar-refractivity contribution is 5.77. The van der Waals surface area contributed by atoms with Crippen molar-refractivity contribution in [1.29, 1.82) is 0 Å². The van der Waals surface area contributed by atoms with Gasteiger partial charge < -0.3 is 14.5 Å². The number of aryl methyl sites for hydroxylation is 1. The molecule has 122 valence electrons. The van der Waals surface area contributed by atoms with E-state index in [0.717, 1.165) is 56.9 Å². The summed E-state index contributed by atoms with van der Waals surface area (Å²) in [7, 11) is 0. The minimum absolute atomic E-state index is 0.0544. The summed E-state index contributed by atoms with van der Waals surface area (Å²) in [6, 6.07) is 1.99. The molecule has 1 N–H and O–H groups in total. The number of carbonyl (C=O) groups is 1. The number of rotatable bonds is 4. The first-order chi connectivity index (χ1) is 10.6. The molecule has 0 aliphatic carbocycles. The van der Waals surface area contributed by atoms with Crippen molar-refractivity contribution in [2.24, 2.45) is 5.41 Å². The summed E-state index contributed by atoms with van der Waals surface area (Å²) < 4.78 is 5.29. The minimum atomic E-state index is 0.0544. The molecule has 0 saturated carbocycles. The van der Waals surface area contributed by atoms with E-state index in [9.17, 15) is 4.79 Å². The lowest BCUT2D eigenvalue weighted by Crippen LogP contribution is -2.51. The first-order valence-electron chi connectivity index (χ1n) is 8.13. The molecule has 1 aromatic rings. The van der Waals surface area contributed by atoms with E-state index in [4.69, 9.17) is 9.63 Å². The highest BCUT2D eigenvalue weighted by atomic mass is 16.5. The van der Waals surface area contributed by atoms with E-state index in [1.165, 1.54) is 0 Å². The highest BCUT2D eigenvalue weighted by Crippen LogP contribution is 2.40. The normalized spacial score (nSPS) is 22.5. The Morgan fingerprint density at radius 1 is 1.36 bits per heavy atom. The molecule has 6 heteroatoms. The minimum Gasteiger partial charge on any atom is -0.395 e. The summed E-state index contributed by atoms with van der Waals surface area (Å²) in [5, 5.41) is 13.0. The summed E-state index contributed by atoms with van der Waals surface area (Å²) in [5.74, 6) is 1.12. The van der Waals surface area contributed by atoms with Crippen LogP contribution < -0.4 is 0 Å². The van der Waals surface area contributed by atoms with Gasteiger partial charge in [-0.25, -0.2) is 0 Å². The fraction of sp³-hybridized carbons (Fsp3) is 0.750. The summed E-state index contributed by atoms with van der Waals surface area (Å²) in [6.07, 6.45) is 3.83. The predicted molar refractivity (Wildman–Crippen MR) is 81.1 cm³/mol. The van der Waals surface area contributed by atoms with Gasteiger partial charge in [-0.2, -0.15) is 0 Å². The number of likely N-dealkylation sites (tertiary alicyclic amines) is 2. The third-order valence-corrected chi connectivity index (χ3v) is 5.09. The van der Waals surface area contributed by atoms with Crippen molar-refractivity contribution in [3.8, 4) is 0 Å². The number of aromatic nitrogens is 1. The molecule has 0 bridgehead atoms. The van der Waals surface area contributed by atoms with E-state index in [1.54, 1.807) is 0 Å². The van der Waals surface area contributed by atoms with Crippen LogP contribution in [0, 0.1) is 12.3 Å². The van der Waals surface area contributed by atoms with E-state index >= 15 is 0 Å². The van der Waals surface area contributed by atoms with E-state index < -0.39 is 0 Å². The van der Waals surface area contributed by atoms with Crippen molar-refractivity contribution in [1.82, 2.24) is 15.0 Å². The van der Waals surface area contributed by atoms with Gasteiger partial charge in [0.2, 0.25) is 5.91 Å². The Bertz CT molecular complexity index is 520. The maximum Gasteiger partial charge on any atom is 0.222 e. The summed E-state index contributed by atoms with van der Waals surface area (Å²) >= 11 is 0. The van der Waals surface area contributed by atoms with Crippen LogP contribution >= 0.6 is 0 Å². The van der Waals surface area contributed by atoms with E-state index in [-0.39, 0.29) is 17.9 Å². The number of nitrogens with zero attached hydrogens (tertiary/aromatic N) is 3. The van der Waals surface area contributed by atoms with Gasteiger partial charge in [-0.1, -0.05) is 5.16 Å². The van der Waals surface area contributed by atoms with E-state index in [0.29, 0.717) is 13.0 Å². The van der Waals surface area contributed by atoms with Gasteiger partial charge in [0.05, 0.1) is 18.8 Å². The molecule has 0 unspecified atom stereocenters. The molecule has 1 aromatic heterocycles. The maximum atomic E-state index is 11.9. The van der Waals surface area contributed by atoms with Crippen molar-refractivity contribution in [2.75, 3.05) is 32.8 Å². The fourth-order valence-corrected chi connectivity index (χ4v) is 3.73. The molecule has 1 spiro atoms. The summed E-state index contributed by atoms with van der Waals surface area (Å²) in [4.78, 5) is 16.2. The summed E-state index contributed by atoms with van der Waals surface area (Å²) in [6.45, 7) is 6.15. The molecule has 2 saturated heterocycles. The molecule has 0 aromatic carbocycles. The van der Waals surface area contributed by atoms with Gasteiger partial charge in [0.25, 0.3) is 0 Å². The molecule has 22 heavy (non-hydrogen) atoms. The van der Waals surface area contributed by atoms with Gasteiger partial charge >= 0.3 is 0 Å². The highest BCUT2D eigenvalue weighted by Gasteiger charge is 2.40. The Morgan fingerprint density at radius 2 is 2.14 bits per heavy atom. The molecule has 2 aliphatic rings. The quantitative estimate of drug-likeness (QED) is 0.904. The second-order valence-electron chi connectivity index (χ2n) is 6.75. The van der Waals surface area contributed by atoms with Crippen molar-refractivity contribution in [2.45, 2.75) is 39.2 Å². The number of carbonyl (C=O) groups excluding carboxylic acids is 1. The lowest BCUT2D eigenvalue weighted by molar-refractivity contribution is -0.139. The second-order valence-corrected chi connectivity index (χ2v) is 6.75. The lowest BCUT2D eigenvalue weighted by Gasteiger charge is -2.47. The number of hydrogen-bond donors (Lipinski definition) is 1. The zero-order valence-corrected chi connectivity index (χ0v) is 13.3. The fourth-order valence-electron chi connectivity index (χ4n) is 3.73. The van der Waals surface area contributed by atoms with Gasteiger partial charge in [0.15, 0.2) is 5.76 Å². The monoisotopic (exact) mass is 307 g/mol. The third-order valence-electron chi connectivity index (χ3n) is 5.09. The molecule has 0 radical (unpaired) electrons. The topological polar surface area (TPSA) is 69.8 Å². The van der Waals surface area contributed by atoms with E-state index in [2.05, 4.69) is 10.1 Å². The van der Waals surface area contributed by atoms with Crippen LogP contribution in [0.5, 0.6) is 0 Å². The smallest absolute Gasteiger partial charge is 0.222 e. The Hall–Kier alpha value is -1.40. The molecule has 2 aliphatic heterocycles. The van der Waals surface area contributed by atoms with Gasteiger partial charge in [0.1, 0.15) is 0 Å². The van der Waals surface area contributed by atoms with Gasteiger partial charge in [-0.3, -0.25) is 9.69 Å². The Morgan fingerprint density at radius 3 is 2.77 bits per heavy atom. The number of hydrogen-bond acceptors (Lipinski definition) is 5. The van der Waals surface area contributed by atoms with Gasteiger partial charge in [-0.15, -0.1) is 0 Å². The van der Waals surface area contributed by atoms with Gasteiger partial charge in [-0.05, 0) is 44.7 Å². The molecule has 3 heterocycles. The maximum absolute atomic E-state index is 11.9. The van der Waals surface area contributed by atoms with Crippen molar-refractivity contribution in [3.05, 3.63) is 17.5 Å². The van der Waals surface area contributed by atoms with Crippen LogP contribution in [-0.4, -0.2) is 58.8 Å². The zero-order chi connectivity index (χ0) is 15.6. The van der Waals surface area contributed by atoms with Crippen molar-refractivity contribution in [3.63, 3.8) is 0 Å².